The molecule has 94 valence electrons. The molecule has 16 heavy (non-hydrogen) atoms. The minimum atomic E-state index is -0.769. The van der Waals surface area contributed by atoms with Gasteiger partial charge in [0.25, 0.3) is 0 Å². The van der Waals surface area contributed by atoms with E-state index in [0.717, 1.165) is 38.8 Å². The van der Waals surface area contributed by atoms with Gasteiger partial charge in [0.2, 0.25) is 0 Å². The van der Waals surface area contributed by atoms with E-state index in [1.807, 2.05) is 6.92 Å². The van der Waals surface area contributed by atoms with E-state index in [1.54, 1.807) is 0 Å². The highest BCUT2D eigenvalue weighted by Gasteiger charge is 2.29. The minimum Gasteiger partial charge on any atom is -0.328 e. The van der Waals surface area contributed by atoms with Crippen LogP contribution in [0.4, 0.5) is 4.39 Å². The molecule has 3 nitrogen and oxygen atoms in total. The van der Waals surface area contributed by atoms with Crippen LogP contribution >= 0.6 is 0 Å². The minimum absolute atomic E-state index is 0.0382. The van der Waals surface area contributed by atoms with Gasteiger partial charge in [-0.3, -0.25) is 0 Å². The summed E-state index contributed by atoms with van der Waals surface area (Å²) in [5.41, 5.74) is 5.73. The van der Waals surface area contributed by atoms with Gasteiger partial charge in [0.1, 0.15) is 12.5 Å². The van der Waals surface area contributed by atoms with Crippen LogP contribution in [0.3, 0.4) is 0 Å². The molecule has 0 spiro atoms. The monoisotopic (exact) mass is 230 g/mol. The summed E-state index contributed by atoms with van der Waals surface area (Å²) < 4.78 is 13.7. The van der Waals surface area contributed by atoms with E-state index in [1.165, 1.54) is 0 Å². The molecule has 0 amide bonds. The number of hydrogen-bond acceptors (Lipinski definition) is 3. The van der Waals surface area contributed by atoms with Gasteiger partial charge >= 0.3 is 0 Å². The predicted octanol–water partition coefficient (Wildman–Crippen LogP) is 1.36. The SMILES string of the molecule is CCN(CCC=O)CC1CCC(N)CC1F. The Balaban J connectivity index is 2.35. The molecule has 0 aromatic rings. The summed E-state index contributed by atoms with van der Waals surface area (Å²) in [6.07, 6.45) is 2.99. The Bertz CT molecular complexity index is 213. The van der Waals surface area contributed by atoms with Crippen LogP contribution in [0.25, 0.3) is 0 Å². The first-order chi connectivity index (χ1) is 7.67. The summed E-state index contributed by atoms with van der Waals surface area (Å²) in [4.78, 5) is 12.5. The van der Waals surface area contributed by atoms with Gasteiger partial charge in [0.15, 0.2) is 0 Å². The van der Waals surface area contributed by atoms with Gasteiger partial charge in [-0.15, -0.1) is 0 Å². The Morgan fingerprint density at radius 2 is 2.25 bits per heavy atom. The van der Waals surface area contributed by atoms with Crippen LogP contribution < -0.4 is 5.73 Å². The fourth-order valence-electron chi connectivity index (χ4n) is 2.36. The average Bonchev–Trinajstić information content (AvgIpc) is 2.27. The summed E-state index contributed by atoms with van der Waals surface area (Å²) in [5, 5.41) is 0. The van der Waals surface area contributed by atoms with E-state index < -0.39 is 6.17 Å². The van der Waals surface area contributed by atoms with Gasteiger partial charge in [-0.2, -0.15) is 0 Å². The highest BCUT2D eigenvalue weighted by atomic mass is 19.1. The molecular formula is C12H23FN2O. The zero-order valence-electron chi connectivity index (χ0n) is 10.1. The molecule has 0 aromatic heterocycles. The Morgan fingerprint density at radius 1 is 1.50 bits per heavy atom. The fraction of sp³-hybridized carbons (Fsp3) is 0.917. The molecule has 1 aliphatic carbocycles. The Hall–Kier alpha value is -0.480. The molecule has 0 aliphatic heterocycles. The lowest BCUT2D eigenvalue weighted by Crippen LogP contribution is -2.41. The molecule has 1 saturated carbocycles. The topological polar surface area (TPSA) is 46.3 Å². The molecule has 3 unspecified atom stereocenters. The van der Waals surface area contributed by atoms with E-state index in [4.69, 9.17) is 5.73 Å². The number of aldehydes is 1. The first-order valence-corrected chi connectivity index (χ1v) is 6.23. The number of carbonyl (C=O) groups excluding carboxylic acids is 1. The molecule has 0 bridgehead atoms. The van der Waals surface area contributed by atoms with E-state index in [2.05, 4.69) is 4.90 Å². The van der Waals surface area contributed by atoms with E-state index in [-0.39, 0.29) is 12.0 Å². The first-order valence-electron chi connectivity index (χ1n) is 6.23. The third-order valence-electron chi connectivity index (χ3n) is 3.45. The number of nitrogens with two attached hydrogens (primary N) is 1. The van der Waals surface area contributed by atoms with Gasteiger partial charge in [0.05, 0.1) is 0 Å². The summed E-state index contributed by atoms with van der Waals surface area (Å²) in [6.45, 7) is 4.43. The average molecular weight is 230 g/mol. The van der Waals surface area contributed by atoms with Crippen molar-refractivity contribution in [1.29, 1.82) is 0 Å². The predicted molar refractivity (Wildman–Crippen MR) is 63.0 cm³/mol. The van der Waals surface area contributed by atoms with Gasteiger partial charge in [-0.05, 0) is 25.8 Å². The molecule has 0 heterocycles. The molecule has 0 saturated heterocycles. The molecule has 1 rings (SSSR count). The lowest BCUT2D eigenvalue weighted by atomic mass is 9.84. The van der Waals surface area contributed by atoms with Gasteiger partial charge in [-0.25, -0.2) is 4.39 Å². The second-order valence-corrected chi connectivity index (χ2v) is 4.70. The number of alkyl halides is 1. The number of carbonyl (C=O) groups is 1. The van der Waals surface area contributed by atoms with Crippen LogP contribution in [0.5, 0.6) is 0 Å². The van der Waals surface area contributed by atoms with Crippen molar-refractivity contribution in [2.75, 3.05) is 19.6 Å². The van der Waals surface area contributed by atoms with Crippen LogP contribution in [-0.4, -0.2) is 43.0 Å². The van der Waals surface area contributed by atoms with Crippen molar-refractivity contribution in [3.63, 3.8) is 0 Å². The van der Waals surface area contributed by atoms with Crippen molar-refractivity contribution >= 4 is 6.29 Å². The normalized spacial score (nSPS) is 30.6. The number of hydrogen-bond donors (Lipinski definition) is 1. The van der Waals surface area contributed by atoms with Crippen LogP contribution in [0.2, 0.25) is 0 Å². The van der Waals surface area contributed by atoms with Crippen molar-refractivity contribution in [1.82, 2.24) is 4.90 Å². The maximum absolute atomic E-state index is 13.7. The second-order valence-electron chi connectivity index (χ2n) is 4.70. The van der Waals surface area contributed by atoms with Crippen molar-refractivity contribution in [3.05, 3.63) is 0 Å². The van der Waals surface area contributed by atoms with Crippen LogP contribution in [0.15, 0.2) is 0 Å². The Labute approximate surface area is 97.2 Å². The van der Waals surface area contributed by atoms with Crippen molar-refractivity contribution in [2.24, 2.45) is 11.7 Å². The summed E-state index contributed by atoms with van der Waals surface area (Å²) >= 11 is 0. The van der Waals surface area contributed by atoms with Crippen LogP contribution in [0.1, 0.15) is 32.6 Å². The van der Waals surface area contributed by atoms with E-state index >= 15 is 0 Å². The highest BCUT2D eigenvalue weighted by molar-refractivity contribution is 5.49. The highest BCUT2D eigenvalue weighted by Crippen LogP contribution is 2.27. The maximum Gasteiger partial charge on any atom is 0.121 e. The number of halogens is 1. The second kappa shape index (κ2) is 6.97. The summed E-state index contributed by atoms with van der Waals surface area (Å²) in [7, 11) is 0. The summed E-state index contributed by atoms with van der Waals surface area (Å²) in [6, 6.07) is 0.0382. The van der Waals surface area contributed by atoms with Crippen LogP contribution in [-0.2, 0) is 4.79 Å². The molecule has 4 heteroatoms. The first kappa shape index (κ1) is 13.6. The molecule has 1 fully saturated rings. The van der Waals surface area contributed by atoms with Gasteiger partial charge < -0.3 is 15.4 Å². The van der Waals surface area contributed by atoms with E-state index in [0.29, 0.717) is 12.8 Å². The standard InChI is InChI=1S/C12H23FN2O/c1-2-15(6-3-7-16)9-10-4-5-11(14)8-12(10)13/h7,10-12H,2-6,8-9,14H2,1H3. The zero-order valence-corrected chi connectivity index (χ0v) is 10.1. The molecular weight excluding hydrogens is 207 g/mol. The molecule has 2 N–H and O–H groups in total. The Morgan fingerprint density at radius 3 is 2.81 bits per heavy atom. The largest absolute Gasteiger partial charge is 0.328 e. The molecule has 1 aliphatic rings. The number of nitrogens with zero attached hydrogens (tertiary/aromatic N) is 1. The Kier molecular flexibility index (Phi) is 5.91. The third-order valence-corrected chi connectivity index (χ3v) is 3.45. The third kappa shape index (κ3) is 4.18. The lowest BCUT2D eigenvalue weighted by molar-refractivity contribution is -0.108. The fourth-order valence-corrected chi connectivity index (χ4v) is 2.36. The van der Waals surface area contributed by atoms with Crippen molar-refractivity contribution in [2.45, 2.75) is 44.8 Å². The quantitative estimate of drug-likeness (QED) is 0.701. The maximum atomic E-state index is 13.7. The molecule has 0 radical (unpaired) electrons. The van der Waals surface area contributed by atoms with Crippen molar-refractivity contribution < 1.29 is 9.18 Å². The molecule has 0 aromatic carbocycles. The zero-order chi connectivity index (χ0) is 12.0. The van der Waals surface area contributed by atoms with Gasteiger partial charge in [0, 0.05) is 31.5 Å². The van der Waals surface area contributed by atoms with Gasteiger partial charge in [-0.1, -0.05) is 6.92 Å². The smallest absolute Gasteiger partial charge is 0.121 e. The number of rotatable bonds is 6. The van der Waals surface area contributed by atoms with Crippen LogP contribution in [0, 0.1) is 5.92 Å². The lowest BCUT2D eigenvalue weighted by Gasteiger charge is -2.33. The van der Waals surface area contributed by atoms with Crippen molar-refractivity contribution in [3.8, 4) is 0 Å². The molecule has 3 atom stereocenters. The van der Waals surface area contributed by atoms with E-state index in [9.17, 15) is 9.18 Å². The summed E-state index contributed by atoms with van der Waals surface area (Å²) in [5.74, 6) is 0.103.